The van der Waals surface area contributed by atoms with Crippen LogP contribution in [0.25, 0.3) is 22.3 Å². The van der Waals surface area contributed by atoms with Crippen molar-refractivity contribution in [3.8, 4) is 17.0 Å². The van der Waals surface area contributed by atoms with Gasteiger partial charge in [0.2, 0.25) is 10.0 Å². The molecule has 0 unspecified atom stereocenters. The van der Waals surface area contributed by atoms with Gasteiger partial charge in [0.1, 0.15) is 11.3 Å². The number of aromatic nitrogens is 3. The Kier molecular flexibility index (Phi) is 7.48. The molecule has 11 heteroatoms. The first kappa shape index (κ1) is 26.9. The van der Waals surface area contributed by atoms with Crippen molar-refractivity contribution in [3.05, 3.63) is 81.0 Å². The van der Waals surface area contributed by atoms with Gasteiger partial charge in [-0.3, -0.25) is 19.2 Å². The predicted octanol–water partition coefficient (Wildman–Crippen LogP) is 2.62. The van der Waals surface area contributed by atoms with E-state index in [2.05, 4.69) is 9.88 Å². The Hall–Kier alpha value is -3.67. The number of H-pyrrole nitrogens is 1. The van der Waals surface area contributed by atoms with E-state index in [1.807, 2.05) is 37.3 Å². The fourth-order valence-corrected chi connectivity index (χ4v) is 6.64. The quantitative estimate of drug-likeness (QED) is 0.361. The summed E-state index contributed by atoms with van der Waals surface area (Å²) in [4.78, 5) is 29.8. The summed E-state index contributed by atoms with van der Waals surface area (Å²) in [5, 5.41) is 0. The van der Waals surface area contributed by atoms with Crippen LogP contribution in [0, 0.1) is 0 Å². The van der Waals surface area contributed by atoms with Crippen molar-refractivity contribution < 1.29 is 13.2 Å². The molecule has 4 aromatic rings. The second kappa shape index (κ2) is 10.8. The predicted molar refractivity (Wildman–Crippen MR) is 151 cm³/mol. The number of aromatic amines is 1. The molecule has 0 radical (unpaired) electrons. The molecule has 0 bridgehead atoms. The van der Waals surface area contributed by atoms with Crippen LogP contribution < -0.4 is 16.0 Å². The van der Waals surface area contributed by atoms with Crippen molar-refractivity contribution in [2.75, 3.05) is 33.3 Å². The Labute approximate surface area is 227 Å². The summed E-state index contributed by atoms with van der Waals surface area (Å²) in [5.41, 5.74) is 2.69. The minimum atomic E-state index is -3.65. The molecule has 10 nitrogen and oxygen atoms in total. The molecule has 39 heavy (non-hydrogen) atoms. The lowest BCUT2D eigenvalue weighted by molar-refractivity contribution is 0.181. The van der Waals surface area contributed by atoms with Crippen molar-refractivity contribution in [2.24, 2.45) is 7.05 Å². The average molecular weight is 552 g/mol. The molecule has 0 aliphatic carbocycles. The van der Waals surface area contributed by atoms with E-state index in [9.17, 15) is 18.0 Å². The largest absolute Gasteiger partial charge is 0.497 e. The summed E-state index contributed by atoms with van der Waals surface area (Å²) >= 11 is 0. The SMILES string of the molecule is CCCn1c(=O)[nH]c(=O)c2c1cc(-c1ccc(S(=O)(=O)N3CCN(Cc4cccc(OC)c4)CC3)cc1)n2C. The molecule has 0 amide bonds. The molecule has 1 aliphatic heterocycles. The van der Waals surface area contributed by atoms with E-state index in [1.54, 1.807) is 47.6 Å². The lowest BCUT2D eigenvalue weighted by Crippen LogP contribution is -2.48. The number of hydrogen-bond donors (Lipinski definition) is 1. The molecule has 1 fully saturated rings. The molecule has 2 aromatic heterocycles. The van der Waals surface area contributed by atoms with Crippen LogP contribution in [0.5, 0.6) is 5.75 Å². The Morgan fingerprint density at radius 3 is 2.36 bits per heavy atom. The van der Waals surface area contributed by atoms with Gasteiger partial charge >= 0.3 is 5.69 Å². The molecule has 5 rings (SSSR count). The Morgan fingerprint density at radius 1 is 0.974 bits per heavy atom. The number of methoxy groups -OCH3 is 1. The fourth-order valence-electron chi connectivity index (χ4n) is 5.22. The zero-order valence-corrected chi connectivity index (χ0v) is 23.2. The highest BCUT2D eigenvalue weighted by Gasteiger charge is 2.28. The van der Waals surface area contributed by atoms with Crippen LogP contribution in [0.1, 0.15) is 18.9 Å². The van der Waals surface area contributed by atoms with Gasteiger partial charge in [-0.25, -0.2) is 13.2 Å². The highest BCUT2D eigenvalue weighted by Crippen LogP contribution is 2.27. The zero-order valence-electron chi connectivity index (χ0n) is 22.4. The molecular formula is C28H33N5O5S. The fraction of sp³-hybridized carbons (Fsp3) is 0.357. The van der Waals surface area contributed by atoms with E-state index < -0.39 is 21.3 Å². The summed E-state index contributed by atoms with van der Waals surface area (Å²) in [7, 11) is -0.240. The molecule has 0 spiro atoms. The van der Waals surface area contributed by atoms with E-state index in [0.717, 1.165) is 35.5 Å². The molecule has 206 valence electrons. The smallest absolute Gasteiger partial charge is 0.328 e. The Bertz CT molecular complexity index is 1710. The van der Waals surface area contributed by atoms with Gasteiger partial charge in [0, 0.05) is 46.3 Å². The second-order valence-electron chi connectivity index (χ2n) is 9.79. The number of nitrogens with one attached hydrogen (secondary N) is 1. The minimum absolute atomic E-state index is 0.229. The monoisotopic (exact) mass is 551 g/mol. The molecule has 1 N–H and O–H groups in total. The summed E-state index contributed by atoms with van der Waals surface area (Å²) in [5.74, 6) is 0.808. The molecule has 3 heterocycles. The third-order valence-corrected chi connectivity index (χ3v) is 9.20. The standard InChI is InChI=1S/C28H33N5O5S/c1-4-12-33-25-18-24(30(2)26(25)27(34)29-28(33)35)21-8-10-23(11-9-21)39(36,37)32-15-13-31(14-16-32)19-20-6-5-7-22(17-20)38-3/h5-11,17-18H,4,12-16,19H2,1-3H3,(H,29,34,35). The third kappa shape index (κ3) is 5.17. The Balaban J connectivity index is 1.33. The van der Waals surface area contributed by atoms with Gasteiger partial charge in [0.05, 0.1) is 23.2 Å². The van der Waals surface area contributed by atoms with Crippen LogP contribution in [0.4, 0.5) is 0 Å². The first-order valence-electron chi connectivity index (χ1n) is 13.0. The van der Waals surface area contributed by atoms with E-state index in [0.29, 0.717) is 43.8 Å². The van der Waals surface area contributed by atoms with E-state index >= 15 is 0 Å². The van der Waals surface area contributed by atoms with Crippen molar-refractivity contribution >= 4 is 21.1 Å². The van der Waals surface area contributed by atoms with Gasteiger partial charge < -0.3 is 9.30 Å². The van der Waals surface area contributed by atoms with Crippen LogP contribution in [-0.2, 0) is 30.2 Å². The second-order valence-corrected chi connectivity index (χ2v) is 11.7. The topological polar surface area (TPSA) is 110 Å². The lowest BCUT2D eigenvalue weighted by Gasteiger charge is -2.34. The number of nitrogens with zero attached hydrogens (tertiary/aromatic N) is 4. The maximum Gasteiger partial charge on any atom is 0.328 e. The van der Waals surface area contributed by atoms with Crippen LogP contribution in [0.15, 0.2) is 69.1 Å². The molecule has 1 aliphatic rings. The molecule has 0 saturated carbocycles. The summed E-state index contributed by atoms with van der Waals surface area (Å²) in [6.07, 6.45) is 0.743. The number of benzene rings is 2. The number of rotatable bonds is 8. The summed E-state index contributed by atoms with van der Waals surface area (Å²) in [6.45, 7) is 5.28. The van der Waals surface area contributed by atoms with Crippen molar-refractivity contribution in [1.29, 1.82) is 0 Å². The third-order valence-electron chi connectivity index (χ3n) is 7.29. The first-order valence-corrected chi connectivity index (χ1v) is 14.5. The van der Waals surface area contributed by atoms with Crippen molar-refractivity contribution in [3.63, 3.8) is 0 Å². The molecule has 1 saturated heterocycles. The summed E-state index contributed by atoms with van der Waals surface area (Å²) in [6, 6.07) is 16.4. The maximum absolute atomic E-state index is 13.4. The van der Waals surface area contributed by atoms with Crippen LogP contribution >= 0.6 is 0 Å². The molecular weight excluding hydrogens is 518 g/mol. The number of fused-ring (bicyclic) bond motifs is 1. The highest BCUT2D eigenvalue weighted by molar-refractivity contribution is 7.89. The van der Waals surface area contributed by atoms with Gasteiger partial charge in [0.15, 0.2) is 0 Å². The molecule has 0 atom stereocenters. The number of piperazine rings is 1. The maximum atomic E-state index is 13.4. The van der Waals surface area contributed by atoms with Gasteiger partial charge in [-0.15, -0.1) is 0 Å². The van der Waals surface area contributed by atoms with Crippen molar-refractivity contribution in [2.45, 2.75) is 31.3 Å². The number of ether oxygens (including phenoxy) is 1. The van der Waals surface area contributed by atoms with E-state index in [1.165, 1.54) is 4.31 Å². The zero-order chi connectivity index (χ0) is 27.7. The van der Waals surface area contributed by atoms with Gasteiger partial charge in [-0.2, -0.15) is 4.31 Å². The van der Waals surface area contributed by atoms with E-state index in [-0.39, 0.29) is 4.90 Å². The van der Waals surface area contributed by atoms with Gasteiger partial charge in [-0.05, 0) is 47.9 Å². The van der Waals surface area contributed by atoms with Crippen LogP contribution in [0.2, 0.25) is 0 Å². The first-order chi connectivity index (χ1) is 18.7. The average Bonchev–Trinajstić information content (AvgIpc) is 3.29. The Morgan fingerprint density at radius 2 is 1.69 bits per heavy atom. The minimum Gasteiger partial charge on any atom is -0.497 e. The van der Waals surface area contributed by atoms with Crippen LogP contribution in [0.3, 0.4) is 0 Å². The highest BCUT2D eigenvalue weighted by atomic mass is 32.2. The van der Waals surface area contributed by atoms with E-state index in [4.69, 9.17) is 4.74 Å². The summed E-state index contributed by atoms with van der Waals surface area (Å²) < 4.78 is 36.9. The molecule has 2 aromatic carbocycles. The lowest BCUT2D eigenvalue weighted by atomic mass is 10.1. The normalized spacial score (nSPS) is 15.2. The van der Waals surface area contributed by atoms with Crippen molar-refractivity contribution in [1.82, 2.24) is 23.3 Å². The van der Waals surface area contributed by atoms with Crippen LogP contribution in [-0.4, -0.2) is 65.0 Å². The number of hydrogen-bond acceptors (Lipinski definition) is 6. The van der Waals surface area contributed by atoms with Gasteiger partial charge in [-0.1, -0.05) is 31.2 Å². The number of sulfonamides is 1. The van der Waals surface area contributed by atoms with Gasteiger partial charge in [0.25, 0.3) is 5.56 Å². The number of aryl methyl sites for hydroxylation is 2.